The minimum Gasteiger partial charge on any atom is -0.444 e. The van der Waals surface area contributed by atoms with E-state index in [9.17, 15) is 14.4 Å². The highest BCUT2D eigenvalue weighted by Gasteiger charge is 2.51. The zero-order chi connectivity index (χ0) is 33.4. The summed E-state index contributed by atoms with van der Waals surface area (Å²) < 4.78 is 7.74. The number of hydrogen-bond acceptors (Lipinski definition) is 7. The van der Waals surface area contributed by atoms with Gasteiger partial charge in [0.2, 0.25) is 0 Å². The maximum Gasteiger partial charge on any atom is 0.411 e. The van der Waals surface area contributed by atoms with Crippen molar-refractivity contribution in [3.05, 3.63) is 80.7 Å². The molecule has 0 spiro atoms. The number of aromatic amines is 1. The Kier molecular flexibility index (Phi) is 9.54. The number of H-pyrrole nitrogens is 1. The average molecular weight is 694 g/mol. The summed E-state index contributed by atoms with van der Waals surface area (Å²) in [6.45, 7) is 5.65. The number of halogens is 2. The van der Waals surface area contributed by atoms with Gasteiger partial charge in [0.15, 0.2) is 0 Å². The van der Waals surface area contributed by atoms with Crippen LogP contribution < -0.4 is 5.69 Å². The van der Waals surface area contributed by atoms with Crippen molar-refractivity contribution in [2.45, 2.75) is 56.5 Å². The average Bonchev–Trinajstić information content (AvgIpc) is 3.45. The fourth-order valence-corrected chi connectivity index (χ4v) is 8.58. The molecule has 0 unspecified atom stereocenters. The van der Waals surface area contributed by atoms with Crippen molar-refractivity contribution in [3.8, 4) is 0 Å². The van der Waals surface area contributed by atoms with E-state index in [0.717, 1.165) is 72.7 Å². The number of rotatable bonds is 7. The van der Waals surface area contributed by atoms with E-state index < -0.39 is 11.8 Å². The number of piperazine rings is 1. The van der Waals surface area contributed by atoms with Gasteiger partial charge < -0.3 is 19.4 Å². The van der Waals surface area contributed by atoms with Gasteiger partial charge in [-0.2, -0.15) is 0 Å². The molecular weight excluding hydrogens is 651 g/mol. The third kappa shape index (κ3) is 6.25. The Balaban J connectivity index is 1.20. The van der Waals surface area contributed by atoms with E-state index in [0.29, 0.717) is 48.6 Å². The topological polar surface area (TPSA) is 94.1 Å². The summed E-state index contributed by atoms with van der Waals surface area (Å²) in [4.78, 5) is 52.4. The number of nitrogens with one attached hydrogen (secondary N) is 1. The molecule has 3 aliphatic heterocycles. The quantitative estimate of drug-likeness (QED) is 0.246. The van der Waals surface area contributed by atoms with Crippen LogP contribution in [0.1, 0.15) is 43.7 Å². The van der Waals surface area contributed by atoms with Crippen molar-refractivity contribution < 1.29 is 14.3 Å². The van der Waals surface area contributed by atoms with Gasteiger partial charge in [-0.1, -0.05) is 59.6 Å². The number of carbonyl (C=O) groups is 2. The molecule has 1 N–H and O–H groups in total. The molecule has 3 aromatic carbocycles. The Labute approximate surface area is 290 Å². The summed E-state index contributed by atoms with van der Waals surface area (Å²) in [6, 6.07) is 17.5. The summed E-state index contributed by atoms with van der Waals surface area (Å²) in [7, 11) is 2.17. The number of aldehydes is 1. The number of ether oxygens (including phenoxy) is 1. The van der Waals surface area contributed by atoms with Crippen LogP contribution in [0.5, 0.6) is 0 Å². The number of piperidine rings is 2. The van der Waals surface area contributed by atoms with Crippen LogP contribution in [-0.4, -0.2) is 106 Å². The van der Waals surface area contributed by atoms with Crippen LogP contribution in [0.2, 0.25) is 10.0 Å². The van der Waals surface area contributed by atoms with Crippen molar-refractivity contribution in [3.63, 3.8) is 0 Å². The van der Waals surface area contributed by atoms with Crippen molar-refractivity contribution in [1.82, 2.24) is 29.2 Å². The molecule has 2 atom stereocenters. The third-order valence-corrected chi connectivity index (χ3v) is 11.6. The zero-order valence-electron chi connectivity index (χ0n) is 27.2. The SMILES string of the molecule is CN1CCC(N2CCN([C@]3(CC=O)C[C@H](n4c(=O)[nH]c5c6ccccc6ccc54)CCN3C(=O)OCc3ccc(Cl)c(Cl)c3)CC2)CC1. The van der Waals surface area contributed by atoms with Gasteiger partial charge in [0, 0.05) is 63.0 Å². The molecule has 3 saturated heterocycles. The summed E-state index contributed by atoms with van der Waals surface area (Å²) in [5.41, 5.74) is 1.20. The Morgan fingerprint density at radius 1 is 0.938 bits per heavy atom. The molecule has 48 heavy (non-hydrogen) atoms. The largest absolute Gasteiger partial charge is 0.444 e. The number of aromatic nitrogens is 2. The van der Waals surface area contributed by atoms with Gasteiger partial charge >= 0.3 is 11.8 Å². The molecule has 254 valence electrons. The van der Waals surface area contributed by atoms with E-state index in [-0.39, 0.29) is 24.8 Å². The number of imidazole rings is 1. The molecule has 0 saturated carbocycles. The van der Waals surface area contributed by atoms with E-state index in [1.54, 1.807) is 23.1 Å². The highest BCUT2D eigenvalue weighted by Crippen LogP contribution is 2.41. The number of carbonyl (C=O) groups excluding carboxylic acids is 2. The predicted molar refractivity (Wildman–Crippen MR) is 189 cm³/mol. The van der Waals surface area contributed by atoms with Crippen LogP contribution in [0, 0.1) is 0 Å². The van der Waals surface area contributed by atoms with Crippen molar-refractivity contribution in [1.29, 1.82) is 0 Å². The molecule has 1 aromatic heterocycles. The molecule has 4 aromatic rings. The normalized spacial score (nSPS) is 23.6. The second-order valence-electron chi connectivity index (χ2n) is 13.5. The molecule has 4 heterocycles. The van der Waals surface area contributed by atoms with E-state index in [1.165, 1.54) is 0 Å². The van der Waals surface area contributed by atoms with Gasteiger partial charge in [-0.05, 0) is 68.5 Å². The lowest BCUT2D eigenvalue weighted by molar-refractivity contribution is -0.129. The highest BCUT2D eigenvalue weighted by atomic mass is 35.5. The second-order valence-corrected chi connectivity index (χ2v) is 14.3. The Morgan fingerprint density at radius 3 is 2.44 bits per heavy atom. The van der Waals surface area contributed by atoms with Gasteiger partial charge in [-0.3, -0.25) is 19.3 Å². The van der Waals surface area contributed by atoms with E-state index in [2.05, 4.69) is 26.7 Å². The lowest BCUT2D eigenvalue weighted by Gasteiger charge is -2.56. The van der Waals surface area contributed by atoms with Crippen molar-refractivity contribution >= 4 is 57.4 Å². The summed E-state index contributed by atoms with van der Waals surface area (Å²) in [5.74, 6) is 0. The van der Waals surface area contributed by atoms with Gasteiger partial charge in [-0.15, -0.1) is 0 Å². The smallest absolute Gasteiger partial charge is 0.411 e. The maximum atomic E-state index is 14.0. The molecule has 0 radical (unpaired) electrons. The van der Waals surface area contributed by atoms with Crippen LogP contribution in [-0.2, 0) is 16.1 Å². The highest BCUT2D eigenvalue weighted by molar-refractivity contribution is 6.42. The first-order valence-electron chi connectivity index (χ1n) is 16.9. The molecule has 3 aliphatic rings. The summed E-state index contributed by atoms with van der Waals surface area (Å²) >= 11 is 12.3. The lowest BCUT2D eigenvalue weighted by atomic mass is 9.86. The van der Waals surface area contributed by atoms with Gasteiger partial charge in [-0.25, -0.2) is 9.59 Å². The zero-order valence-corrected chi connectivity index (χ0v) is 28.8. The van der Waals surface area contributed by atoms with Crippen LogP contribution in [0.15, 0.2) is 59.4 Å². The first-order valence-corrected chi connectivity index (χ1v) is 17.6. The number of nitrogens with zero attached hydrogens (tertiary/aromatic N) is 5. The maximum absolute atomic E-state index is 14.0. The van der Waals surface area contributed by atoms with Crippen molar-refractivity contribution in [2.75, 3.05) is 52.9 Å². The van der Waals surface area contributed by atoms with E-state index >= 15 is 0 Å². The van der Waals surface area contributed by atoms with Crippen LogP contribution in [0.4, 0.5) is 4.79 Å². The number of hydrogen-bond donors (Lipinski definition) is 1. The Hall–Kier alpha value is -3.41. The Morgan fingerprint density at radius 2 is 1.69 bits per heavy atom. The lowest BCUT2D eigenvalue weighted by Crippen LogP contribution is -2.69. The van der Waals surface area contributed by atoms with Crippen LogP contribution >= 0.6 is 23.2 Å². The molecule has 7 rings (SSSR count). The molecular formula is C36H42Cl2N6O4. The fourth-order valence-electron chi connectivity index (χ4n) is 8.26. The van der Waals surface area contributed by atoms with Gasteiger partial charge in [0.25, 0.3) is 0 Å². The second kappa shape index (κ2) is 13.8. The molecule has 3 fully saturated rings. The molecule has 12 heteroatoms. The van der Waals surface area contributed by atoms with Crippen LogP contribution in [0.25, 0.3) is 21.8 Å². The first-order chi connectivity index (χ1) is 23.3. The van der Waals surface area contributed by atoms with Crippen molar-refractivity contribution in [2.24, 2.45) is 0 Å². The third-order valence-electron chi connectivity index (χ3n) is 10.8. The molecule has 0 bridgehead atoms. The van der Waals surface area contributed by atoms with Gasteiger partial charge in [0.05, 0.1) is 21.1 Å². The Bertz CT molecular complexity index is 1860. The van der Waals surface area contributed by atoms with Crippen LogP contribution in [0.3, 0.4) is 0 Å². The number of likely N-dealkylation sites (tertiary alicyclic amines) is 2. The first kappa shape index (κ1) is 33.1. The predicted octanol–water partition coefficient (Wildman–Crippen LogP) is 5.76. The standard InChI is InChI=1S/C36H42Cl2N6O4/c1-40-14-10-27(11-15-40)41-17-19-42(20-18-41)36(13-21-45)23-28(12-16-43(36)35(47)48-24-25-6-8-30(37)31(38)22-25)44-32-9-7-26-4-2-3-5-29(26)33(32)39-34(44)46/h2-9,21-22,27-28H,10-20,23-24H2,1H3,(H,39,46)/t28-,36+/m1/s1. The molecule has 10 nitrogen and oxygen atoms in total. The summed E-state index contributed by atoms with van der Waals surface area (Å²) in [5, 5.41) is 2.86. The van der Waals surface area contributed by atoms with E-state index in [1.807, 2.05) is 41.0 Å². The number of benzene rings is 3. The molecule has 1 amide bonds. The summed E-state index contributed by atoms with van der Waals surface area (Å²) in [6.07, 6.45) is 3.78. The number of fused-ring (bicyclic) bond motifs is 3. The number of amides is 1. The minimum absolute atomic E-state index is 0.0195. The fraction of sp³-hybridized carbons (Fsp3) is 0.472. The van der Waals surface area contributed by atoms with E-state index in [4.69, 9.17) is 27.9 Å². The van der Waals surface area contributed by atoms with Gasteiger partial charge in [0.1, 0.15) is 18.6 Å². The monoisotopic (exact) mass is 692 g/mol. The molecule has 0 aliphatic carbocycles. The minimum atomic E-state index is -0.960.